The molecular weight excluding hydrogens is 426 g/mol. The van der Waals surface area contributed by atoms with E-state index in [2.05, 4.69) is 88.0 Å². The normalized spacial score (nSPS) is 17.9. The van der Waals surface area contributed by atoms with Gasteiger partial charge in [0.2, 0.25) is 0 Å². The van der Waals surface area contributed by atoms with Crippen LogP contribution >= 0.6 is 12.2 Å². The fraction of sp³-hybridized carbons (Fsp3) is 0.222. The molecule has 0 unspecified atom stereocenters. The molecule has 0 radical (unpaired) electrons. The van der Waals surface area contributed by atoms with Crippen molar-refractivity contribution in [2.24, 2.45) is 0 Å². The summed E-state index contributed by atoms with van der Waals surface area (Å²) in [5, 5.41) is 4.31. The molecule has 1 aliphatic heterocycles. The van der Waals surface area contributed by atoms with Crippen molar-refractivity contribution in [3.63, 3.8) is 0 Å². The fourth-order valence-corrected chi connectivity index (χ4v) is 5.08. The van der Waals surface area contributed by atoms with E-state index in [0.717, 1.165) is 28.9 Å². The van der Waals surface area contributed by atoms with E-state index in [1.807, 2.05) is 36.7 Å². The molecule has 33 heavy (non-hydrogen) atoms. The van der Waals surface area contributed by atoms with Crippen molar-refractivity contribution in [1.29, 1.82) is 0 Å². The zero-order valence-electron chi connectivity index (χ0n) is 19.1. The third-order valence-electron chi connectivity index (χ3n) is 6.31. The Labute approximate surface area is 200 Å². The largest absolute Gasteiger partial charge is 0.352 e. The van der Waals surface area contributed by atoms with E-state index in [1.165, 1.54) is 22.4 Å². The zero-order valence-corrected chi connectivity index (χ0v) is 19.9. The molecule has 0 aliphatic carbocycles. The number of nitrogens with zero attached hydrogens (tertiary/aromatic N) is 4. The minimum absolute atomic E-state index is 0.0114. The fourth-order valence-electron chi connectivity index (χ4n) is 4.78. The van der Waals surface area contributed by atoms with E-state index >= 15 is 0 Å². The molecule has 0 saturated carbocycles. The van der Waals surface area contributed by atoms with Crippen LogP contribution in [-0.2, 0) is 6.54 Å². The monoisotopic (exact) mass is 453 g/mol. The van der Waals surface area contributed by atoms with E-state index < -0.39 is 0 Å². The Morgan fingerprint density at radius 1 is 0.909 bits per heavy atom. The number of thiocarbonyl (C=S) groups is 1. The second kappa shape index (κ2) is 8.79. The van der Waals surface area contributed by atoms with Gasteiger partial charge in [-0.05, 0) is 80.0 Å². The molecule has 0 amide bonds. The number of rotatable bonds is 5. The van der Waals surface area contributed by atoms with E-state index in [-0.39, 0.29) is 12.1 Å². The van der Waals surface area contributed by atoms with Crippen LogP contribution < -0.4 is 5.32 Å². The van der Waals surface area contributed by atoms with Crippen LogP contribution in [0.25, 0.3) is 5.82 Å². The zero-order chi connectivity index (χ0) is 22.9. The van der Waals surface area contributed by atoms with E-state index in [4.69, 9.17) is 12.2 Å². The lowest BCUT2D eigenvalue weighted by molar-refractivity contribution is 0.310. The van der Waals surface area contributed by atoms with Crippen LogP contribution in [0.15, 0.2) is 79.1 Å². The lowest BCUT2D eigenvalue weighted by atomic mass is 9.96. The molecule has 2 atom stereocenters. The van der Waals surface area contributed by atoms with Gasteiger partial charge in [0, 0.05) is 30.3 Å². The molecule has 4 heterocycles. The van der Waals surface area contributed by atoms with Crippen molar-refractivity contribution < 1.29 is 0 Å². The maximum absolute atomic E-state index is 5.86. The number of hydrogen-bond donors (Lipinski definition) is 1. The van der Waals surface area contributed by atoms with Crippen molar-refractivity contribution in [1.82, 2.24) is 24.8 Å². The first kappa shape index (κ1) is 21.3. The van der Waals surface area contributed by atoms with Crippen LogP contribution in [0.4, 0.5) is 0 Å². The van der Waals surface area contributed by atoms with E-state index in [0.29, 0.717) is 0 Å². The topological polar surface area (TPSA) is 46.0 Å². The minimum atomic E-state index is -0.0400. The molecular formula is C27H27N5S. The first-order chi connectivity index (χ1) is 16.0. The Balaban J connectivity index is 1.62. The second-order valence-corrected chi connectivity index (χ2v) is 8.98. The second-order valence-electron chi connectivity index (χ2n) is 8.59. The number of benzene rings is 1. The summed E-state index contributed by atoms with van der Waals surface area (Å²) in [5.41, 5.74) is 6.95. The number of pyridine rings is 2. The molecule has 1 N–H and O–H groups in total. The van der Waals surface area contributed by atoms with Gasteiger partial charge in [0.1, 0.15) is 5.82 Å². The van der Waals surface area contributed by atoms with Gasteiger partial charge in [-0.25, -0.2) is 4.98 Å². The Kier molecular flexibility index (Phi) is 5.68. The average Bonchev–Trinajstić information content (AvgIpc) is 3.30. The quantitative estimate of drug-likeness (QED) is 0.412. The number of aromatic nitrogens is 3. The van der Waals surface area contributed by atoms with Gasteiger partial charge in [0.15, 0.2) is 5.11 Å². The van der Waals surface area contributed by atoms with Gasteiger partial charge in [-0.1, -0.05) is 36.4 Å². The van der Waals surface area contributed by atoms with Crippen LogP contribution in [0, 0.1) is 20.8 Å². The van der Waals surface area contributed by atoms with Crippen molar-refractivity contribution in [2.45, 2.75) is 39.4 Å². The van der Waals surface area contributed by atoms with Crippen LogP contribution in [0.1, 0.15) is 45.9 Å². The first-order valence-corrected chi connectivity index (χ1v) is 11.6. The van der Waals surface area contributed by atoms with Crippen LogP contribution in [0.5, 0.6) is 0 Å². The molecule has 0 spiro atoms. The van der Waals surface area contributed by atoms with E-state index in [9.17, 15) is 0 Å². The SMILES string of the molecule is Cc1ccnc(-n2c(C)cc([C@H]3[C@@H](c4ccccn4)NC(=S)N3Cc3ccccc3)c2C)c1. The van der Waals surface area contributed by atoms with E-state index in [1.54, 1.807) is 0 Å². The third-order valence-corrected chi connectivity index (χ3v) is 6.66. The Hall–Kier alpha value is -3.51. The van der Waals surface area contributed by atoms with Gasteiger partial charge in [-0.2, -0.15) is 0 Å². The van der Waals surface area contributed by atoms with Crippen molar-refractivity contribution >= 4 is 17.3 Å². The van der Waals surface area contributed by atoms with Crippen molar-refractivity contribution in [2.75, 3.05) is 0 Å². The first-order valence-electron chi connectivity index (χ1n) is 11.2. The highest BCUT2D eigenvalue weighted by Crippen LogP contribution is 2.42. The number of aryl methyl sites for hydroxylation is 2. The summed E-state index contributed by atoms with van der Waals surface area (Å²) in [5.74, 6) is 0.939. The van der Waals surface area contributed by atoms with Crippen molar-refractivity contribution in [3.8, 4) is 5.82 Å². The van der Waals surface area contributed by atoms with Gasteiger partial charge >= 0.3 is 0 Å². The summed E-state index contributed by atoms with van der Waals surface area (Å²) in [4.78, 5) is 11.6. The number of hydrogen-bond acceptors (Lipinski definition) is 3. The van der Waals surface area contributed by atoms with Gasteiger partial charge in [0.25, 0.3) is 0 Å². The lowest BCUT2D eigenvalue weighted by Gasteiger charge is -2.28. The van der Waals surface area contributed by atoms with Gasteiger partial charge in [-0.15, -0.1) is 0 Å². The Bertz CT molecular complexity index is 1280. The molecule has 5 nitrogen and oxygen atoms in total. The summed E-state index contributed by atoms with van der Waals surface area (Å²) >= 11 is 5.86. The molecule has 4 aromatic rings. The number of nitrogens with one attached hydrogen (secondary N) is 1. The Morgan fingerprint density at radius 3 is 2.42 bits per heavy atom. The maximum atomic E-state index is 5.86. The molecule has 6 heteroatoms. The highest BCUT2D eigenvalue weighted by molar-refractivity contribution is 7.80. The minimum Gasteiger partial charge on any atom is -0.352 e. The van der Waals surface area contributed by atoms with Crippen LogP contribution in [-0.4, -0.2) is 24.5 Å². The summed E-state index contributed by atoms with van der Waals surface area (Å²) in [6.45, 7) is 7.13. The smallest absolute Gasteiger partial charge is 0.170 e. The van der Waals surface area contributed by atoms with Crippen LogP contribution in [0.3, 0.4) is 0 Å². The van der Waals surface area contributed by atoms with Gasteiger partial charge in [0.05, 0.1) is 17.8 Å². The predicted molar refractivity (Wildman–Crippen MR) is 135 cm³/mol. The standard InChI is InChI=1S/C27H27N5S/c1-18-12-14-29-24(15-18)32-19(2)16-22(20(32)3)26-25(23-11-7-8-13-28-23)30-27(33)31(26)17-21-9-5-4-6-10-21/h4-16,25-26H,17H2,1-3H3,(H,30,33)/t25-,26+/m1/s1. The van der Waals surface area contributed by atoms with Gasteiger partial charge in [-0.3, -0.25) is 4.98 Å². The molecule has 166 valence electrons. The summed E-state index contributed by atoms with van der Waals surface area (Å²) in [6, 6.07) is 22.9. The average molecular weight is 454 g/mol. The maximum Gasteiger partial charge on any atom is 0.170 e. The summed E-state index contributed by atoms with van der Waals surface area (Å²) in [6.07, 6.45) is 3.71. The molecule has 5 rings (SSSR count). The van der Waals surface area contributed by atoms with Crippen molar-refractivity contribution in [3.05, 3.63) is 113 Å². The summed E-state index contributed by atoms with van der Waals surface area (Å²) < 4.78 is 2.24. The highest BCUT2D eigenvalue weighted by atomic mass is 32.1. The Morgan fingerprint density at radius 2 is 1.70 bits per heavy atom. The molecule has 1 aromatic carbocycles. The predicted octanol–water partition coefficient (Wildman–Crippen LogP) is 5.37. The molecule has 0 bridgehead atoms. The molecule has 1 fully saturated rings. The summed E-state index contributed by atoms with van der Waals surface area (Å²) in [7, 11) is 0. The molecule has 1 aliphatic rings. The highest BCUT2D eigenvalue weighted by Gasteiger charge is 2.41. The molecule has 1 saturated heterocycles. The third kappa shape index (κ3) is 4.02. The lowest BCUT2D eigenvalue weighted by Crippen LogP contribution is -2.29. The van der Waals surface area contributed by atoms with Gasteiger partial charge < -0.3 is 14.8 Å². The molecule has 3 aromatic heterocycles. The van der Waals surface area contributed by atoms with Crippen LogP contribution in [0.2, 0.25) is 0 Å².